The first-order valence-corrected chi connectivity index (χ1v) is 7.78. The Morgan fingerprint density at radius 2 is 1.96 bits per heavy atom. The third kappa shape index (κ3) is 3.42. The number of nitrogens with zero attached hydrogens (tertiary/aromatic N) is 2. The summed E-state index contributed by atoms with van der Waals surface area (Å²) in [5.41, 5.74) is -0.125. The molecule has 26 heavy (non-hydrogen) atoms. The van der Waals surface area contributed by atoms with Crippen LogP contribution in [-0.2, 0) is 6.18 Å². The number of alkyl halides is 3. The second kappa shape index (κ2) is 6.69. The zero-order chi connectivity index (χ0) is 19.1. The normalized spacial score (nSPS) is 26.1. The molecular formula is C16H16F3N3O4. The molecule has 1 aliphatic carbocycles. The largest absolute Gasteiger partial charge is 0.456 e. The molecule has 2 aromatic rings. The van der Waals surface area contributed by atoms with Crippen LogP contribution in [0.5, 0.6) is 0 Å². The summed E-state index contributed by atoms with van der Waals surface area (Å²) in [6, 6.07) is -0.0175. The molecule has 1 saturated carbocycles. The van der Waals surface area contributed by atoms with Gasteiger partial charge in [-0.1, -0.05) is 0 Å². The van der Waals surface area contributed by atoms with Gasteiger partial charge in [0.2, 0.25) is 5.76 Å². The van der Waals surface area contributed by atoms with Crippen molar-refractivity contribution in [2.24, 2.45) is 0 Å². The molecular weight excluding hydrogens is 355 g/mol. The van der Waals surface area contributed by atoms with Gasteiger partial charge in [-0.2, -0.15) is 13.2 Å². The van der Waals surface area contributed by atoms with Crippen LogP contribution in [0, 0.1) is 6.92 Å². The molecule has 0 aliphatic heterocycles. The van der Waals surface area contributed by atoms with Crippen molar-refractivity contribution >= 4 is 5.91 Å². The van der Waals surface area contributed by atoms with Crippen LogP contribution in [0.25, 0.3) is 0 Å². The van der Waals surface area contributed by atoms with Gasteiger partial charge < -0.3 is 19.9 Å². The lowest BCUT2D eigenvalue weighted by atomic mass is 9.95. The van der Waals surface area contributed by atoms with Crippen molar-refractivity contribution in [3.05, 3.63) is 47.4 Å². The van der Waals surface area contributed by atoms with Gasteiger partial charge in [0.1, 0.15) is 18.2 Å². The molecule has 1 aliphatic rings. The summed E-state index contributed by atoms with van der Waals surface area (Å²) in [5.74, 6) is -3.07. The Labute approximate surface area is 145 Å². The number of halogens is 3. The van der Waals surface area contributed by atoms with Gasteiger partial charge >= 0.3 is 6.18 Å². The fraction of sp³-hybridized carbons (Fsp3) is 0.438. The maximum atomic E-state index is 13.0. The van der Waals surface area contributed by atoms with Crippen LogP contribution < -0.4 is 5.32 Å². The first kappa shape index (κ1) is 18.3. The minimum absolute atomic E-state index is 0.0671. The van der Waals surface area contributed by atoms with Crippen molar-refractivity contribution in [1.29, 1.82) is 0 Å². The van der Waals surface area contributed by atoms with Gasteiger partial charge in [0.15, 0.2) is 0 Å². The molecule has 0 radical (unpaired) electrons. The fourth-order valence-electron chi connectivity index (χ4n) is 3.18. The summed E-state index contributed by atoms with van der Waals surface area (Å²) in [4.78, 5) is 20.1. The number of carbonyl (C=O) groups is 1. The van der Waals surface area contributed by atoms with Gasteiger partial charge in [0.25, 0.3) is 5.91 Å². The molecule has 2 heterocycles. The van der Waals surface area contributed by atoms with Crippen molar-refractivity contribution < 1.29 is 32.6 Å². The monoisotopic (exact) mass is 371 g/mol. The van der Waals surface area contributed by atoms with Crippen LogP contribution in [0.3, 0.4) is 0 Å². The molecule has 140 valence electrons. The number of aliphatic hydroxyl groups excluding tert-OH is 2. The molecule has 0 spiro atoms. The summed E-state index contributed by atoms with van der Waals surface area (Å²) >= 11 is 0. The molecule has 10 heteroatoms. The second-order valence-corrected chi connectivity index (χ2v) is 6.17. The molecule has 3 N–H and O–H groups in total. The summed E-state index contributed by atoms with van der Waals surface area (Å²) in [6.07, 6.45) is -2.99. The van der Waals surface area contributed by atoms with Gasteiger partial charge in [-0.15, -0.1) is 0 Å². The van der Waals surface area contributed by atoms with Crippen LogP contribution in [0.2, 0.25) is 0 Å². The highest BCUT2D eigenvalue weighted by atomic mass is 19.4. The van der Waals surface area contributed by atoms with Gasteiger partial charge in [0, 0.05) is 18.3 Å². The number of aliphatic hydroxyl groups is 2. The van der Waals surface area contributed by atoms with Crippen LogP contribution in [-0.4, -0.2) is 44.3 Å². The Bertz CT molecular complexity index is 794. The molecule has 3 rings (SSSR count). The molecule has 0 aromatic carbocycles. The molecule has 0 unspecified atom stereocenters. The number of aryl methyl sites for hydroxylation is 1. The van der Waals surface area contributed by atoms with Crippen molar-refractivity contribution in [1.82, 2.24) is 15.3 Å². The molecule has 7 nitrogen and oxygen atoms in total. The lowest BCUT2D eigenvalue weighted by Gasteiger charge is -2.23. The van der Waals surface area contributed by atoms with Crippen molar-refractivity contribution in [2.45, 2.75) is 43.7 Å². The number of carbonyl (C=O) groups excluding carboxylic acids is 1. The summed E-state index contributed by atoms with van der Waals surface area (Å²) in [6.45, 7) is 1.30. The smallest absolute Gasteiger partial charge is 0.450 e. The second-order valence-electron chi connectivity index (χ2n) is 6.17. The Balaban J connectivity index is 1.88. The lowest BCUT2D eigenvalue weighted by Crippen LogP contribution is -2.45. The molecule has 1 amide bonds. The summed E-state index contributed by atoms with van der Waals surface area (Å²) < 4.78 is 43.7. The maximum absolute atomic E-state index is 13.0. The van der Waals surface area contributed by atoms with Gasteiger partial charge in [-0.3, -0.25) is 4.79 Å². The Hall–Kier alpha value is -2.46. The predicted octanol–water partition coefficient (Wildman–Crippen LogP) is 1.40. The zero-order valence-corrected chi connectivity index (χ0v) is 13.6. The topological polar surface area (TPSA) is 108 Å². The number of amides is 1. The van der Waals surface area contributed by atoms with Crippen molar-refractivity contribution in [3.63, 3.8) is 0 Å². The molecule has 0 bridgehead atoms. The van der Waals surface area contributed by atoms with E-state index in [9.17, 15) is 28.2 Å². The van der Waals surface area contributed by atoms with Crippen LogP contribution in [0.15, 0.2) is 29.2 Å². The SMILES string of the molecule is Cc1cc(C(=O)N[C@H]2[C@H](O)[C@H](O)C[C@@H]2c2cncnc2)c(C(F)(F)F)o1. The van der Waals surface area contributed by atoms with E-state index in [2.05, 4.69) is 19.7 Å². The number of aromatic nitrogens is 2. The number of nitrogens with one attached hydrogen (secondary N) is 1. The number of hydrogen-bond acceptors (Lipinski definition) is 6. The van der Waals surface area contributed by atoms with Crippen LogP contribution in [0.1, 0.15) is 39.8 Å². The maximum Gasteiger partial charge on any atom is 0.450 e. The lowest BCUT2D eigenvalue weighted by molar-refractivity contribution is -0.153. The highest BCUT2D eigenvalue weighted by molar-refractivity contribution is 5.95. The van der Waals surface area contributed by atoms with E-state index in [-0.39, 0.29) is 12.2 Å². The minimum atomic E-state index is -4.83. The first-order chi connectivity index (χ1) is 12.2. The average molecular weight is 371 g/mol. The Morgan fingerprint density at radius 3 is 2.58 bits per heavy atom. The van der Waals surface area contributed by atoms with Crippen molar-refractivity contribution in [2.75, 3.05) is 0 Å². The Morgan fingerprint density at radius 1 is 1.31 bits per heavy atom. The Kier molecular flexibility index (Phi) is 4.72. The average Bonchev–Trinajstić information content (AvgIpc) is 3.11. The number of rotatable bonds is 3. The number of furan rings is 1. The molecule has 2 aromatic heterocycles. The fourth-order valence-corrected chi connectivity index (χ4v) is 3.18. The molecule has 0 saturated heterocycles. The van der Waals surface area contributed by atoms with Crippen LogP contribution in [0.4, 0.5) is 13.2 Å². The number of hydrogen-bond donors (Lipinski definition) is 3. The highest BCUT2D eigenvalue weighted by Gasteiger charge is 2.45. The van der Waals surface area contributed by atoms with E-state index in [1.807, 2.05) is 0 Å². The molecule has 4 atom stereocenters. The third-order valence-corrected chi connectivity index (χ3v) is 4.35. The summed E-state index contributed by atoms with van der Waals surface area (Å²) in [7, 11) is 0. The van der Waals surface area contributed by atoms with Gasteiger partial charge in [-0.25, -0.2) is 9.97 Å². The summed E-state index contributed by atoms with van der Waals surface area (Å²) in [5, 5.41) is 22.5. The zero-order valence-electron chi connectivity index (χ0n) is 13.6. The van der Waals surface area contributed by atoms with E-state index < -0.39 is 47.6 Å². The van der Waals surface area contributed by atoms with E-state index in [0.717, 1.165) is 6.07 Å². The quantitative estimate of drug-likeness (QED) is 0.753. The standard InChI is InChI=1S/C16H16F3N3O4/c1-7-2-10(14(26-7)16(17,18)19)15(25)22-12-9(3-11(23)13(12)24)8-4-20-6-21-5-8/h2,4-6,9,11-13,23-24H,3H2,1H3,(H,22,25)/t9-,11-,12-,13-/m1/s1. The van der Waals surface area contributed by atoms with E-state index in [4.69, 9.17) is 0 Å². The van der Waals surface area contributed by atoms with E-state index in [1.165, 1.54) is 25.6 Å². The first-order valence-electron chi connectivity index (χ1n) is 7.78. The van der Waals surface area contributed by atoms with Crippen molar-refractivity contribution in [3.8, 4) is 0 Å². The highest BCUT2D eigenvalue weighted by Crippen LogP contribution is 2.37. The van der Waals surface area contributed by atoms with E-state index in [1.54, 1.807) is 0 Å². The van der Waals surface area contributed by atoms with Gasteiger partial charge in [-0.05, 0) is 25.0 Å². The van der Waals surface area contributed by atoms with E-state index in [0.29, 0.717) is 5.56 Å². The molecule has 1 fully saturated rings. The minimum Gasteiger partial charge on any atom is -0.456 e. The van der Waals surface area contributed by atoms with E-state index >= 15 is 0 Å². The van der Waals surface area contributed by atoms with Gasteiger partial charge in [0.05, 0.1) is 17.7 Å². The van der Waals surface area contributed by atoms with Crippen LogP contribution >= 0.6 is 0 Å². The predicted molar refractivity (Wildman–Crippen MR) is 81.1 cm³/mol. The third-order valence-electron chi connectivity index (χ3n) is 4.35.